The second-order valence-electron chi connectivity index (χ2n) is 8.10. The highest BCUT2D eigenvalue weighted by atomic mass is 32.2. The summed E-state index contributed by atoms with van der Waals surface area (Å²) in [6.45, 7) is 1.70. The van der Waals surface area contributed by atoms with Gasteiger partial charge in [0, 0.05) is 28.8 Å². The summed E-state index contributed by atoms with van der Waals surface area (Å²) in [5.41, 5.74) is 1.67. The van der Waals surface area contributed by atoms with Crippen LogP contribution in [-0.2, 0) is 20.0 Å². The van der Waals surface area contributed by atoms with Crippen LogP contribution in [0.15, 0.2) is 83.9 Å². The van der Waals surface area contributed by atoms with Gasteiger partial charge in [0.15, 0.2) is 5.78 Å². The van der Waals surface area contributed by atoms with Crippen LogP contribution in [0.4, 0.5) is 0 Å². The standard InChI is InChI=1S/C25H24N2O6S2/c1-17(26-34(3,29)30)18-8-10-19(11-9-18)25(28)23-16-27(24-7-5-4-6-22(23)24)35(31,32)21-14-12-20(33-2)13-15-21/h4-17,26H,1-3H3/t17-/m0/s1. The third-order valence-electron chi connectivity index (χ3n) is 5.60. The summed E-state index contributed by atoms with van der Waals surface area (Å²) < 4.78 is 58.5. The predicted octanol–water partition coefficient (Wildman–Crippen LogP) is 3.73. The lowest BCUT2D eigenvalue weighted by molar-refractivity contribution is 0.104. The van der Waals surface area contributed by atoms with Crippen LogP contribution in [0.1, 0.15) is 34.5 Å². The Balaban J connectivity index is 1.73. The second kappa shape index (κ2) is 9.29. The maximum Gasteiger partial charge on any atom is 0.268 e. The number of sulfonamides is 1. The molecule has 0 spiro atoms. The molecule has 1 atom stereocenters. The molecule has 35 heavy (non-hydrogen) atoms. The van der Waals surface area contributed by atoms with E-state index >= 15 is 0 Å². The molecule has 0 amide bonds. The zero-order valence-electron chi connectivity index (χ0n) is 19.3. The molecule has 10 heteroatoms. The molecule has 0 fully saturated rings. The van der Waals surface area contributed by atoms with Crippen molar-refractivity contribution in [3.05, 3.63) is 95.7 Å². The zero-order chi connectivity index (χ0) is 25.4. The van der Waals surface area contributed by atoms with Gasteiger partial charge in [-0.15, -0.1) is 0 Å². The molecular weight excluding hydrogens is 488 g/mol. The van der Waals surface area contributed by atoms with Gasteiger partial charge in [0.2, 0.25) is 10.0 Å². The average Bonchev–Trinajstić information content (AvgIpc) is 3.23. The Kier molecular flexibility index (Phi) is 6.54. The van der Waals surface area contributed by atoms with Gasteiger partial charge in [-0.25, -0.2) is 25.5 Å². The molecule has 1 aromatic heterocycles. The highest BCUT2D eigenvalue weighted by Crippen LogP contribution is 2.29. The van der Waals surface area contributed by atoms with E-state index in [9.17, 15) is 21.6 Å². The third-order valence-corrected chi connectivity index (χ3v) is 8.07. The molecule has 0 radical (unpaired) electrons. The van der Waals surface area contributed by atoms with Gasteiger partial charge in [-0.3, -0.25) is 4.79 Å². The topological polar surface area (TPSA) is 112 Å². The van der Waals surface area contributed by atoms with Gasteiger partial charge in [0.05, 0.1) is 23.8 Å². The van der Waals surface area contributed by atoms with Crippen LogP contribution in [-0.4, -0.2) is 40.0 Å². The summed E-state index contributed by atoms with van der Waals surface area (Å²) in [4.78, 5) is 13.5. The summed E-state index contributed by atoms with van der Waals surface area (Å²) >= 11 is 0. The van der Waals surface area contributed by atoms with E-state index in [1.165, 1.54) is 25.4 Å². The Morgan fingerprint density at radius 3 is 2.14 bits per heavy atom. The predicted molar refractivity (Wildman–Crippen MR) is 134 cm³/mol. The first-order chi connectivity index (χ1) is 16.5. The largest absolute Gasteiger partial charge is 0.497 e. The summed E-state index contributed by atoms with van der Waals surface area (Å²) in [6.07, 6.45) is 2.42. The Bertz CT molecular complexity index is 1610. The number of fused-ring (bicyclic) bond motifs is 1. The number of carbonyl (C=O) groups excluding carboxylic acids is 1. The highest BCUT2D eigenvalue weighted by Gasteiger charge is 2.24. The summed E-state index contributed by atoms with van der Waals surface area (Å²) in [5, 5.41) is 0.505. The Morgan fingerprint density at radius 1 is 0.914 bits per heavy atom. The molecule has 0 aliphatic rings. The minimum atomic E-state index is -3.98. The van der Waals surface area contributed by atoms with Gasteiger partial charge in [0.1, 0.15) is 5.75 Å². The number of nitrogens with zero attached hydrogens (tertiary/aromatic N) is 1. The lowest BCUT2D eigenvalue weighted by atomic mass is 10.00. The highest BCUT2D eigenvalue weighted by molar-refractivity contribution is 7.90. The van der Waals surface area contributed by atoms with E-state index in [4.69, 9.17) is 4.74 Å². The fourth-order valence-corrected chi connectivity index (χ4v) is 6.01. The monoisotopic (exact) mass is 512 g/mol. The maximum absolute atomic E-state index is 13.4. The van der Waals surface area contributed by atoms with Crippen molar-refractivity contribution < 1.29 is 26.4 Å². The molecule has 0 aliphatic heterocycles. The maximum atomic E-state index is 13.4. The van der Waals surface area contributed by atoms with Crippen LogP contribution < -0.4 is 9.46 Å². The van der Waals surface area contributed by atoms with Crippen molar-refractivity contribution in [3.63, 3.8) is 0 Å². The quantitative estimate of drug-likeness (QED) is 0.360. The van der Waals surface area contributed by atoms with E-state index in [-0.39, 0.29) is 16.2 Å². The number of hydrogen-bond acceptors (Lipinski definition) is 6. The lowest BCUT2D eigenvalue weighted by Crippen LogP contribution is -2.25. The van der Waals surface area contributed by atoms with E-state index in [0.717, 1.165) is 10.2 Å². The number of methoxy groups -OCH3 is 1. The van der Waals surface area contributed by atoms with Crippen molar-refractivity contribution in [2.45, 2.75) is 17.9 Å². The fraction of sp³-hybridized carbons (Fsp3) is 0.160. The van der Waals surface area contributed by atoms with E-state index in [0.29, 0.717) is 27.8 Å². The van der Waals surface area contributed by atoms with E-state index in [2.05, 4.69) is 4.72 Å². The van der Waals surface area contributed by atoms with E-state index < -0.39 is 26.1 Å². The number of nitrogens with one attached hydrogen (secondary N) is 1. The first-order valence-electron chi connectivity index (χ1n) is 10.6. The number of carbonyl (C=O) groups is 1. The van der Waals surface area contributed by atoms with Crippen molar-refractivity contribution in [1.82, 2.24) is 8.69 Å². The van der Waals surface area contributed by atoms with Gasteiger partial charge in [-0.2, -0.15) is 0 Å². The molecule has 0 saturated carbocycles. The molecule has 0 saturated heterocycles. The molecule has 8 nitrogen and oxygen atoms in total. The van der Waals surface area contributed by atoms with Crippen LogP contribution in [0.2, 0.25) is 0 Å². The van der Waals surface area contributed by atoms with Crippen molar-refractivity contribution in [1.29, 1.82) is 0 Å². The Hall–Kier alpha value is -3.47. The number of para-hydroxylation sites is 1. The molecule has 4 aromatic rings. The summed E-state index contributed by atoms with van der Waals surface area (Å²) in [5.74, 6) is 0.182. The van der Waals surface area contributed by atoms with Crippen LogP contribution >= 0.6 is 0 Å². The molecule has 1 N–H and O–H groups in total. The van der Waals surface area contributed by atoms with Gasteiger partial charge >= 0.3 is 0 Å². The van der Waals surface area contributed by atoms with E-state index in [1.54, 1.807) is 67.6 Å². The van der Waals surface area contributed by atoms with Crippen LogP contribution in [0.25, 0.3) is 10.9 Å². The molecule has 0 bridgehead atoms. The molecule has 1 heterocycles. The first kappa shape index (κ1) is 24.6. The Labute approximate surface area is 204 Å². The molecule has 182 valence electrons. The minimum Gasteiger partial charge on any atom is -0.497 e. The van der Waals surface area contributed by atoms with Crippen LogP contribution in [0, 0.1) is 0 Å². The number of hydrogen-bond donors (Lipinski definition) is 1. The van der Waals surface area contributed by atoms with E-state index in [1.807, 2.05) is 0 Å². The minimum absolute atomic E-state index is 0.0646. The van der Waals surface area contributed by atoms with Crippen molar-refractivity contribution in [2.24, 2.45) is 0 Å². The lowest BCUT2D eigenvalue weighted by Gasteiger charge is -2.12. The molecule has 0 aliphatic carbocycles. The smallest absolute Gasteiger partial charge is 0.268 e. The molecular formula is C25H24N2O6S2. The van der Waals surface area contributed by atoms with Gasteiger partial charge in [0.25, 0.3) is 10.0 Å². The van der Waals surface area contributed by atoms with Crippen molar-refractivity contribution in [3.8, 4) is 5.75 Å². The van der Waals surface area contributed by atoms with Gasteiger partial charge < -0.3 is 4.74 Å². The number of benzene rings is 3. The van der Waals surface area contributed by atoms with Crippen LogP contribution in [0.3, 0.4) is 0 Å². The normalized spacial score (nSPS) is 13.0. The average molecular weight is 513 g/mol. The van der Waals surface area contributed by atoms with Crippen molar-refractivity contribution >= 4 is 36.7 Å². The SMILES string of the molecule is COc1ccc(S(=O)(=O)n2cc(C(=O)c3ccc([C@H](C)NS(C)(=O)=O)cc3)c3ccccc32)cc1. The molecule has 3 aromatic carbocycles. The second-order valence-corrected chi connectivity index (χ2v) is 11.7. The zero-order valence-corrected chi connectivity index (χ0v) is 20.9. The number of rotatable bonds is 8. The van der Waals surface area contributed by atoms with Crippen LogP contribution in [0.5, 0.6) is 5.75 Å². The summed E-state index contributed by atoms with van der Waals surface area (Å²) in [6, 6.07) is 18.9. The fourth-order valence-electron chi connectivity index (χ4n) is 3.86. The molecule has 4 rings (SSSR count). The number of aromatic nitrogens is 1. The Morgan fingerprint density at radius 2 is 1.54 bits per heavy atom. The first-order valence-corrected chi connectivity index (χ1v) is 14.0. The van der Waals surface area contributed by atoms with Crippen molar-refractivity contribution in [2.75, 3.05) is 13.4 Å². The third kappa shape index (κ3) is 5.00. The van der Waals surface area contributed by atoms with Gasteiger partial charge in [-0.05, 0) is 42.8 Å². The molecule has 0 unspecified atom stereocenters. The van der Waals surface area contributed by atoms with Gasteiger partial charge in [-0.1, -0.05) is 42.5 Å². The number of ether oxygens (including phenoxy) is 1. The number of ketones is 1. The summed E-state index contributed by atoms with van der Waals surface area (Å²) in [7, 11) is -5.87.